The normalized spacial score (nSPS) is 20.9. The molecule has 0 aliphatic carbocycles. The van der Waals surface area contributed by atoms with E-state index in [1.807, 2.05) is 19.1 Å². The number of piperidine rings is 1. The summed E-state index contributed by atoms with van der Waals surface area (Å²) in [4.78, 5) is 14.3. The highest BCUT2D eigenvalue weighted by atomic mass is 19.1. The summed E-state index contributed by atoms with van der Waals surface area (Å²) in [5.74, 6) is 1.01. The highest BCUT2D eigenvalue weighted by Crippen LogP contribution is 2.24. The fraction of sp³-hybridized carbons (Fsp3) is 0.421. The van der Waals surface area contributed by atoms with Crippen molar-refractivity contribution >= 4 is 5.91 Å². The monoisotopic (exact) mass is 346 g/mol. The number of nitrogens with zero attached hydrogens (tertiary/aromatic N) is 1. The van der Waals surface area contributed by atoms with E-state index in [9.17, 15) is 14.3 Å². The molecule has 0 saturated carbocycles. The van der Waals surface area contributed by atoms with Crippen LogP contribution < -0.4 is 5.32 Å². The maximum absolute atomic E-state index is 13.0. The lowest BCUT2D eigenvalue weighted by molar-refractivity contribution is -0.157. The number of nitrogens with one attached hydrogen (secondary N) is 1. The Morgan fingerprint density at radius 2 is 2.04 bits per heavy atom. The van der Waals surface area contributed by atoms with Crippen molar-refractivity contribution in [2.45, 2.75) is 38.5 Å². The minimum atomic E-state index is -1.42. The van der Waals surface area contributed by atoms with E-state index in [0.717, 1.165) is 23.5 Å². The van der Waals surface area contributed by atoms with E-state index in [-0.39, 0.29) is 18.3 Å². The van der Waals surface area contributed by atoms with E-state index in [0.29, 0.717) is 26.1 Å². The first-order valence-corrected chi connectivity index (χ1v) is 8.48. The van der Waals surface area contributed by atoms with Crippen molar-refractivity contribution in [1.82, 2.24) is 10.2 Å². The molecular weight excluding hydrogens is 323 g/mol. The lowest BCUT2D eigenvalue weighted by Gasteiger charge is -2.38. The predicted octanol–water partition coefficient (Wildman–Crippen LogP) is 2.37. The molecule has 1 atom stereocenters. The van der Waals surface area contributed by atoms with Crippen molar-refractivity contribution in [2.24, 2.45) is 0 Å². The lowest BCUT2D eigenvalue weighted by atomic mass is 9.91. The minimum Gasteiger partial charge on any atom is -0.465 e. The molecule has 2 aromatic rings. The number of halogens is 1. The molecular formula is C19H23FN2O3. The summed E-state index contributed by atoms with van der Waals surface area (Å²) in [5.41, 5.74) is -0.571. The molecule has 1 saturated heterocycles. The van der Waals surface area contributed by atoms with Crippen molar-refractivity contribution < 1.29 is 18.7 Å². The highest BCUT2D eigenvalue weighted by molar-refractivity contribution is 5.86. The van der Waals surface area contributed by atoms with Gasteiger partial charge in [-0.15, -0.1) is 0 Å². The van der Waals surface area contributed by atoms with E-state index < -0.39 is 5.60 Å². The van der Waals surface area contributed by atoms with Gasteiger partial charge in [-0.05, 0) is 49.6 Å². The molecule has 1 aromatic heterocycles. The van der Waals surface area contributed by atoms with Gasteiger partial charge in [-0.1, -0.05) is 12.1 Å². The van der Waals surface area contributed by atoms with E-state index in [4.69, 9.17) is 4.42 Å². The molecule has 1 amide bonds. The number of aliphatic hydroxyl groups is 1. The van der Waals surface area contributed by atoms with E-state index >= 15 is 0 Å². The maximum atomic E-state index is 13.0. The van der Waals surface area contributed by atoms with Crippen LogP contribution in [0.1, 0.15) is 29.9 Å². The zero-order valence-corrected chi connectivity index (χ0v) is 14.3. The molecule has 1 fully saturated rings. The van der Waals surface area contributed by atoms with E-state index in [1.54, 1.807) is 17.0 Å². The van der Waals surface area contributed by atoms with Crippen LogP contribution in [0.25, 0.3) is 0 Å². The van der Waals surface area contributed by atoms with Gasteiger partial charge in [0.2, 0.25) is 0 Å². The largest absolute Gasteiger partial charge is 0.465 e. The Balaban J connectivity index is 1.58. The Morgan fingerprint density at radius 1 is 1.28 bits per heavy atom. The Hall–Kier alpha value is -2.18. The molecule has 3 rings (SSSR count). The predicted molar refractivity (Wildman–Crippen MR) is 91.2 cm³/mol. The Bertz CT molecular complexity index is 729. The molecule has 134 valence electrons. The fourth-order valence-electron chi connectivity index (χ4n) is 3.16. The third-order valence-corrected chi connectivity index (χ3v) is 4.50. The summed E-state index contributed by atoms with van der Waals surface area (Å²) in [5, 5.41) is 13.9. The summed E-state index contributed by atoms with van der Waals surface area (Å²) < 4.78 is 18.5. The molecule has 25 heavy (non-hydrogen) atoms. The average molecular weight is 346 g/mol. The van der Waals surface area contributed by atoms with Crippen molar-refractivity contribution in [3.8, 4) is 0 Å². The van der Waals surface area contributed by atoms with Gasteiger partial charge in [0.05, 0.1) is 6.54 Å². The standard InChI is InChI=1S/C19H23FN2O3/c1-14-3-8-17(25-14)11-21-13-19(24)9-2-10-22(18(19)23)12-15-4-6-16(20)7-5-15/h3-8,21,24H,2,9-13H2,1H3. The zero-order valence-electron chi connectivity index (χ0n) is 14.3. The van der Waals surface area contributed by atoms with Crippen LogP contribution in [0.15, 0.2) is 40.8 Å². The van der Waals surface area contributed by atoms with E-state index in [1.165, 1.54) is 12.1 Å². The number of hydrogen-bond acceptors (Lipinski definition) is 4. The number of furan rings is 1. The molecule has 1 unspecified atom stereocenters. The zero-order chi connectivity index (χ0) is 17.9. The second kappa shape index (κ2) is 7.37. The van der Waals surface area contributed by atoms with Gasteiger partial charge >= 0.3 is 0 Å². The molecule has 0 spiro atoms. The minimum absolute atomic E-state index is 0.172. The molecule has 5 nitrogen and oxygen atoms in total. The van der Waals surface area contributed by atoms with Crippen LogP contribution in [0.5, 0.6) is 0 Å². The van der Waals surface area contributed by atoms with Gasteiger partial charge in [-0.3, -0.25) is 4.79 Å². The Labute approximate surface area is 146 Å². The second-order valence-electron chi connectivity index (χ2n) is 6.60. The van der Waals surface area contributed by atoms with Crippen molar-refractivity contribution in [2.75, 3.05) is 13.1 Å². The molecule has 0 radical (unpaired) electrons. The van der Waals surface area contributed by atoms with Crippen LogP contribution in [0.4, 0.5) is 4.39 Å². The highest BCUT2D eigenvalue weighted by Gasteiger charge is 2.41. The molecule has 1 aliphatic rings. The number of rotatable bonds is 6. The number of carbonyl (C=O) groups excluding carboxylic acids is 1. The van der Waals surface area contributed by atoms with Gasteiger partial charge < -0.3 is 19.7 Å². The van der Waals surface area contributed by atoms with Crippen LogP contribution >= 0.6 is 0 Å². The molecule has 2 heterocycles. The first-order valence-electron chi connectivity index (χ1n) is 8.48. The summed E-state index contributed by atoms with van der Waals surface area (Å²) in [7, 11) is 0. The second-order valence-corrected chi connectivity index (χ2v) is 6.60. The van der Waals surface area contributed by atoms with Crippen LogP contribution in [-0.2, 0) is 17.9 Å². The molecule has 1 aliphatic heterocycles. The fourth-order valence-corrected chi connectivity index (χ4v) is 3.16. The van der Waals surface area contributed by atoms with Gasteiger partial charge in [0.15, 0.2) is 5.60 Å². The van der Waals surface area contributed by atoms with Gasteiger partial charge in [0.1, 0.15) is 17.3 Å². The first kappa shape index (κ1) is 17.6. The van der Waals surface area contributed by atoms with Crippen LogP contribution in [0.3, 0.4) is 0 Å². The van der Waals surface area contributed by atoms with Crippen molar-refractivity contribution in [1.29, 1.82) is 0 Å². The van der Waals surface area contributed by atoms with Gasteiger partial charge in [-0.25, -0.2) is 4.39 Å². The number of aryl methyl sites for hydroxylation is 1. The summed E-state index contributed by atoms with van der Waals surface area (Å²) >= 11 is 0. The lowest BCUT2D eigenvalue weighted by Crippen LogP contribution is -2.57. The number of carbonyl (C=O) groups is 1. The number of amides is 1. The number of hydrogen-bond donors (Lipinski definition) is 2. The van der Waals surface area contributed by atoms with Crippen LogP contribution in [0.2, 0.25) is 0 Å². The van der Waals surface area contributed by atoms with Crippen LogP contribution in [-0.4, -0.2) is 34.6 Å². The number of likely N-dealkylation sites (tertiary alicyclic amines) is 1. The van der Waals surface area contributed by atoms with Gasteiger partial charge in [-0.2, -0.15) is 0 Å². The quantitative estimate of drug-likeness (QED) is 0.843. The Kier molecular flexibility index (Phi) is 5.20. The van der Waals surface area contributed by atoms with Gasteiger partial charge in [0, 0.05) is 19.6 Å². The first-order chi connectivity index (χ1) is 12.0. The molecule has 6 heteroatoms. The summed E-state index contributed by atoms with van der Waals surface area (Å²) in [6.07, 6.45) is 1.15. The summed E-state index contributed by atoms with van der Waals surface area (Å²) in [6, 6.07) is 9.82. The SMILES string of the molecule is Cc1ccc(CNCC2(O)CCCN(Cc3ccc(F)cc3)C2=O)o1. The Morgan fingerprint density at radius 3 is 2.72 bits per heavy atom. The molecule has 0 bridgehead atoms. The summed E-state index contributed by atoms with van der Waals surface area (Å²) in [6.45, 7) is 3.47. The van der Waals surface area contributed by atoms with E-state index in [2.05, 4.69) is 5.32 Å². The maximum Gasteiger partial charge on any atom is 0.256 e. The van der Waals surface area contributed by atoms with Crippen molar-refractivity contribution in [3.63, 3.8) is 0 Å². The third kappa shape index (κ3) is 4.27. The smallest absolute Gasteiger partial charge is 0.256 e. The van der Waals surface area contributed by atoms with Crippen LogP contribution in [0, 0.1) is 12.7 Å². The van der Waals surface area contributed by atoms with Crippen molar-refractivity contribution in [3.05, 3.63) is 59.3 Å². The number of benzene rings is 1. The average Bonchev–Trinajstić information content (AvgIpc) is 2.99. The molecule has 2 N–H and O–H groups in total. The molecule has 1 aromatic carbocycles. The topological polar surface area (TPSA) is 65.7 Å². The third-order valence-electron chi connectivity index (χ3n) is 4.50. The van der Waals surface area contributed by atoms with Gasteiger partial charge in [0.25, 0.3) is 5.91 Å².